The molecule has 0 bridgehead atoms. The first-order chi connectivity index (χ1) is 7.30. The highest BCUT2D eigenvalue weighted by Crippen LogP contribution is 2.25. The van der Waals surface area contributed by atoms with Crippen molar-refractivity contribution < 1.29 is 29.6 Å². The lowest BCUT2D eigenvalue weighted by molar-refractivity contribution is -0.171. The average Bonchev–Trinajstić information content (AvgIpc) is 2.20. The van der Waals surface area contributed by atoms with E-state index in [1.807, 2.05) is 0 Å². The van der Waals surface area contributed by atoms with Gasteiger partial charge < -0.3 is 20.1 Å². The molecule has 4 atom stereocenters. The number of Topliss-reactive ketones (excluding diaryl/α,β-unsaturated/α-hetero) is 2. The van der Waals surface area contributed by atoms with Gasteiger partial charge in [-0.15, -0.1) is 0 Å². The third kappa shape index (κ3) is 1.99. The molecule has 90 valence electrons. The van der Waals surface area contributed by atoms with Crippen LogP contribution in [0.15, 0.2) is 12.3 Å². The number of rotatable bonds is 3. The summed E-state index contributed by atoms with van der Waals surface area (Å²) in [6.07, 6.45) is -2.65. The van der Waals surface area contributed by atoms with Crippen molar-refractivity contribution >= 4 is 11.6 Å². The molecule has 16 heavy (non-hydrogen) atoms. The molecule has 1 unspecified atom stereocenters. The molecule has 1 aliphatic heterocycles. The first-order valence-corrected chi connectivity index (χ1v) is 4.74. The molecular weight excluding hydrogens is 216 g/mol. The Balaban J connectivity index is 2.99. The number of carbonyl (C=O) groups is 2. The van der Waals surface area contributed by atoms with E-state index in [4.69, 9.17) is 4.74 Å². The summed E-state index contributed by atoms with van der Waals surface area (Å²) in [6.45, 7) is 2.21. The number of carbonyl (C=O) groups excluding carboxylic acids is 2. The highest BCUT2D eigenvalue weighted by Gasteiger charge is 2.49. The minimum Gasteiger partial charge on any atom is -0.492 e. The van der Waals surface area contributed by atoms with Gasteiger partial charge in [-0.25, -0.2) is 0 Å². The van der Waals surface area contributed by atoms with Crippen molar-refractivity contribution in [3.05, 3.63) is 12.3 Å². The van der Waals surface area contributed by atoms with Gasteiger partial charge in [-0.2, -0.15) is 0 Å². The maximum absolute atomic E-state index is 11.2. The van der Waals surface area contributed by atoms with Crippen LogP contribution >= 0.6 is 0 Å². The van der Waals surface area contributed by atoms with Gasteiger partial charge in [0.1, 0.15) is 6.10 Å². The molecule has 0 aromatic carbocycles. The lowest BCUT2D eigenvalue weighted by Crippen LogP contribution is -2.59. The molecule has 0 spiro atoms. The van der Waals surface area contributed by atoms with Gasteiger partial charge in [0.05, 0.1) is 6.26 Å². The van der Waals surface area contributed by atoms with Gasteiger partial charge in [-0.3, -0.25) is 9.59 Å². The van der Waals surface area contributed by atoms with Crippen molar-refractivity contribution in [3.8, 4) is 0 Å². The third-order valence-electron chi connectivity index (χ3n) is 2.61. The summed E-state index contributed by atoms with van der Waals surface area (Å²) >= 11 is 0. The second-order valence-corrected chi connectivity index (χ2v) is 3.79. The van der Waals surface area contributed by atoms with Gasteiger partial charge in [-0.1, -0.05) is 0 Å². The molecule has 0 fully saturated rings. The molecule has 6 heteroatoms. The molecular formula is C10H14O6. The predicted molar refractivity (Wildman–Crippen MR) is 52.3 cm³/mol. The zero-order chi connectivity index (χ0) is 12.5. The van der Waals surface area contributed by atoms with Crippen molar-refractivity contribution in [1.82, 2.24) is 0 Å². The van der Waals surface area contributed by atoms with E-state index < -0.39 is 35.5 Å². The molecule has 3 N–H and O–H groups in total. The highest BCUT2D eigenvalue weighted by molar-refractivity contribution is 5.88. The number of hydrogen-bond donors (Lipinski definition) is 3. The van der Waals surface area contributed by atoms with Crippen LogP contribution in [-0.4, -0.2) is 50.8 Å². The second kappa shape index (κ2) is 4.32. The van der Waals surface area contributed by atoms with E-state index in [9.17, 15) is 24.9 Å². The Labute approximate surface area is 92.1 Å². The second-order valence-electron chi connectivity index (χ2n) is 3.79. The normalized spacial score (nSPS) is 35.3. The fourth-order valence-corrected chi connectivity index (χ4v) is 1.46. The summed E-state index contributed by atoms with van der Waals surface area (Å²) < 4.78 is 4.85. The zero-order valence-corrected chi connectivity index (χ0v) is 8.95. The minimum absolute atomic E-state index is 0.620. The van der Waals surface area contributed by atoms with Crippen molar-refractivity contribution in [1.29, 1.82) is 0 Å². The number of aliphatic hydroxyl groups excluding tert-OH is 2. The monoisotopic (exact) mass is 230 g/mol. The van der Waals surface area contributed by atoms with Gasteiger partial charge in [0.25, 0.3) is 0 Å². The molecule has 0 aliphatic carbocycles. The van der Waals surface area contributed by atoms with Crippen LogP contribution in [0.25, 0.3) is 0 Å². The summed E-state index contributed by atoms with van der Waals surface area (Å²) in [5, 5.41) is 29.0. The summed E-state index contributed by atoms with van der Waals surface area (Å²) in [6, 6.07) is 0. The maximum atomic E-state index is 11.2. The molecule has 1 rings (SSSR count). The predicted octanol–water partition coefficient (Wildman–Crippen LogP) is -1.47. The highest BCUT2D eigenvalue weighted by atomic mass is 16.5. The van der Waals surface area contributed by atoms with Crippen molar-refractivity contribution in [2.75, 3.05) is 0 Å². The first-order valence-electron chi connectivity index (χ1n) is 4.74. The van der Waals surface area contributed by atoms with Crippen LogP contribution in [0, 0.1) is 0 Å². The van der Waals surface area contributed by atoms with E-state index in [2.05, 4.69) is 0 Å². The van der Waals surface area contributed by atoms with E-state index in [1.165, 1.54) is 0 Å². The van der Waals surface area contributed by atoms with Gasteiger partial charge in [0.15, 0.2) is 29.4 Å². The molecule has 1 heterocycles. The summed E-state index contributed by atoms with van der Waals surface area (Å²) in [5.41, 5.74) is -2.13. The number of aliphatic hydroxyl groups is 3. The van der Waals surface area contributed by atoms with Gasteiger partial charge in [0, 0.05) is 0 Å². The van der Waals surface area contributed by atoms with Crippen LogP contribution < -0.4 is 0 Å². The third-order valence-corrected chi connectivity index (χ3v) is 2.61. The lowest BCUT2D eigenvalue weighted by Gasteiger charge is -2.37. The molecule has 0 aromatic heterocycles. The van der Waals surface area contributed by atoms with Crippen LogP contribution in [0.2, 0.25) is 0 Å². The van der Waals surface area contributed by atoms with Crippen LogP contribution in [0.4, 0.5) is 0 Å². The standard InChI is InChI=1S/C10H14O6/c1-5(11)7(13)8-9(14)10(15,6(2)12)3-4-16-8/h3-4,7-9,13-15H,1-2H3/t7?,8-,9-,10+/m1/s1. The fraction of sp³-hybridized carbons (Fsp3) is 0.600. The van der Waals surface area contributed by atoms with Gasteiger partial charge in [-0.05, 0) is 19.9 Å². The summed E-state index contributed by atoms with van der Waals surface area (Å²) in [4.78, 5) is 22.1. The Morgan fingerprint density at radius 2 is 2.00 bits per heavy atom. The lowest BCUT2D eigenvalue weighted by atomic mass is 9.85. The SMILES string of the molecule is CC(=O)C(O)[C@H]1OC=C[C@](O)(C(C)=O)[C@@H]1O. The molecule has 0 saturated carbocycles. The minimum atomic E-state index is -2.13. The summed E-state index contributed by atoms with van der Waals surface area (Å²) in [7, 11) is 0. The smallest absolute Gasteiger partial charge is 0.173 e. The largest absolute Gasteiger partial charge is 0.492 e. The Morgan fingerprint density at radius 3 is 2.44 bits per heavy atom. The Kier molecular flexibility index (Phi) is 3.47. The zero-order valence-electron chi connectivity index (χ0n) is 8.95. The van der Waals surface area contributed by atoms with Crippen LogP contribution in [0.5, 0.6) is 0 Å². The van der Waals surface area contributed by atoms with E-state index in [0.717, 1.165) is 26.2 Å². The quantitative estimate of drug-likeness (QED) is 0.547. The summed E-state index contributed by atoms with van der Waals surface area (Å²) in [5.74, 6) is -1.31. The Morgan fingerprint density at radius 1 is 1.44 bits per heavy atom. The number of ether oxygens (including phenoxy) is 1. The molecule has 0 saturated heterocycles. The van der Waals surface area contributed by atoms with Gasteiger partial charge in [0.2, 0.25) is 0 Å². The van der Waals surface area contributed by atoms with E-state index in [0.29, 0.717) is 0 Å². The topological polar surface area (TPSA) is 104 Å². The maximum Gasteiger partial charge on any atom is 0.173 e. The van der Waals surface area contributed by atoms with Crippen LogP contribution in [0.3, 0.4) is 0 Å². The van der Waals surface area contributed by atoms with Crippen molar-refractivity contribution in [3.63, 3.8) is 0 Å². The average molecular weight is 230 g/mol. The van der Waals surface area contributed by atoms with Crippen molar-refractivity contribution in [2.24, 2.45) is 0 Å². The molecule has 0 amide bonds. The number of hydrogen-bond acceptors (Lipinski definition) is 6. The van der Waals surface area contributed by atoms with E-state index in [1.54, 1.807) is 0 Å². The van der Waals surface area contributed by atoms with Crippen molar-refractivity contribution in [2.45, 2.75) is 37.8 Å². The molecule has 0 aromatic rings. The van der Waals surface area contributed by atoms with Crippen LogP contribution in [-0.2, 0) is 14.3 Å². The number of ketones is 2. The molecule has 0 radical (unpaired) electrons. The van der Waals surface area contributed by atoms with Gasteiger partial charge >= 0.3 is 0 Å². The molecule has 6 nitrogen and oxygen atoms in total. The van der Waals surface area contributed by atoms with Crippen LogP contribution in [0.1, 0.15) is 13.8 Å². The van der Waals surface area contributed by atoms with E-state index in [-0.39, 0.29) is 0 Å². The Bertz CT molecular complexity index is 336. The molecule has 1 aliphatic rings. The van der Waals surface area contributed by atoms with E-state index >= 15 is 0 Å². The fourth-order valence-electron chi connectivity index (χ4n) is 1.46. The Hall–Kier alpha value is -1.24. The first kappa shape index (κ1) is 12.8.